The first-order chi connectivity index (χ1) is 30.0. The number of Topliss-reactive ketones (excluding diaryl/α,β-unsaturated/α-hetero) is 2. The quantitative estimate of drug-likeness (QED) is 0.118. The molecule has 6 rings (SSSR count). The number of nitrogens with zero attached hydrogens (tertiary/aromatic N) is 2. The average Bonchev–Trinajstić information content (AvgIpc) is 3.30. The molecule has 4 aromatic carbocycles. The van der Waals surface area contributed by atoms with E-state index in [0.29, 0.717) is 68.2 Å². The van der Waals surface area contributed by atoms with Gasteiger partial charge in [-0.25, -0.2) is 0 Å². The van der Waals surface area contributed by atoms with E-state index in [1.165, 1.54) is 66.7 Å². The monoisotopic (exact) mass is 844 g/mol. The van der Waals surface area contributed by atoms with Crippen LogP contribution < -0.4 is 37.9 Å². The Morgan fingerprint density at radius 2 is 0.581 bits per heavy atom. The smallest absolute Gasteiger partial charge is 0.312 e. The molecule has 0 radical (unpaired) electrons. The van der Waals surface area contributed by atoms with Crippen LogP contribution >= 0.6 is 0 Å². The van der Waals surface area contributed by atoms with Crippen molar-refractivity contribution in [1.29, 1.82) is 0 Å². The fraction of sp³-hybridized carbons (Fsp3) is 0.250. The molecule has 4 aromatic rings. The highest BCUT2D eigenvalue weighted by Crippen LogP contribution is 2.34. The molecule has 0 aliphatic carbocycles. The minimum absolute atomic E-state index is 0.170. The van der Waals surface area contributed by atoms with Crippen molar-refractivity contribution in [3.05, 3.63) is 117 Å². The molecule has 2 heterocycles. The van der Waals surface area contributed by atoms with Crippen LogP contribution in [0.15, 0.2) is 95.1 Å². The van der Waals surface area contributed by atoms with Crippen LogP contribution in [0.4, 0.5) is 0 Å². The first-order valence-electron chi connectivity index (χ1n) is 19.4. The molecule has 0 bridgehead atoms. The predicted octanol–water partition coefficient (Wildman–Crippen LogP) is 6.21. The average molecular weight is 845 g/mol. The normalized spacial score (nSPS) is 16.7. The molecule has 0 N–H and O–H groups in total. The van der Waals surface area contributed by atoms with E-state index in [-0.39, 0.29) is 60.0 Å². The van der Waals surface area contributed by atoms with Gasteiger partial charge in [0.15, 0.2) is 57.6 Å². The van der Waals surface area contributed by atoms with Crippen molar-refractivity contribution >= 4 is 47.7 Å². The number of carbonyl (C=O) groups is 4. The number of piperidine rings is 2. The van der Waals surface area contributed by atoms with Crippen molar-refractivity contribution in [2.45, 2.75) is 0 Å². The van der Waals surface area contributed by atoms with Crippen molar-refractivity contribution in [1.82, 2.24) is 9.80 Å². The highest BCUT2D eigenvalue weighted by molar-refractivity contribution is 6.36. The van der Waals surface area contributed by atoms with Crippen LogP contribution in [0.3, 0.4) is 0 Å². The van der Waals surface area contributed by atoms with Gasteiger partial charge in [0, 0.05) is 22.3 Å². The molecular weight excluding hydrogens is 797 g/mol. The molecule has 0 unspecified atom stereocenters. The van der Waals surface area contributed by atoms with Crippen LogP contribution in [0, 0.1) is 0 Å². The van der Waals surface area contributed by atoms with Gasteiger partial charge in [0.25, 0.3) is 0 Å². The maximum atomic E-state index is 14.5. The van der Waals surface area contributed by atoms with Crippen molar-refractivity contribution in [2.24, 2.45) is 0 Å². The van der Waals surface area contributed by atoms with Gasteiger partial charge in [0.2, 0.25) is 0 Å². The van der Waals surface area contributed by atoms with E-state index in [9.17, 15) is 19.2 Å². The van der Waals surface area contributed by atoms with Gasteiger partial charge in [-0.3, -0.25) is 19.2 Å². The van der Waals surface area contributed by atoms with Gasteiger partial charge >= 0.3 is 11.8 Å². The number of likely N-dealkylation sites (tertiary alicyclic amines) is 2. The zero-order valence-corrected chi connectivity index (χ0v) is 35.9. The Kier molecular flexibility index (Phi) is 14.0. The van der Waals surface area contributed by atoms with Crippen LogP contribution in [-0.2, 0) is 19.2 Å². The van der Waals surface area contributed by atoms with Gasteiger partial charge in [-0.05, 0) is 95.1 Å². The van der Waals surface area contributed by atoms with Gasteiger partial charge in [-0.15, -0.1) is 0 Å². The van der Waals surface area contributed by atoms with Crippen LogP contribution in [0.25, 0.3) is 24.3 Å². The lowest BCUT2D eigenvalue weighted by Crippen LogP contribution is -2.52. The van der Waals surface area contributed by atoms with Crippen LogP contribution in [-0.4, -0.2) is 116 Å². The van der Waals surface area contributed by atoms with Gasteiger partial charge in [0.1, 0.15) is 0 Å². The van der Waals surface area contributed by atoms with Gasteiger partial charge < -0.3 is 47.7 Å². The SMILES string of the molecule is COc1ccc(/C=C2\CN(C(=O)C(=O)N3C/C(=C\c4ccc(OC)c(OC)c4)C(=O)/C(=C/c4ccc(OC)c(OC)c4)C3)C/C(=C\c3ccc(OC)c(OC)c3)C2=O)cc1OC. The highest BCUT2D eigenvalue weighted by Gasteiger charge is 2.37. The fourth-order valence-corrected chi connectivity index (χ4v) is 7.21. The maximum Gasteiger partial charge on any atom is 0.312 e. The largest absolute Gasteiger partial charge is 0.493 e. The van der Waals surface area contributed by atoms with E-state index >= 15 is 0 Å². The van der Waals surface area contributed by atoms with E-state index in [4.69, 9.17) is 37.9 Å². The summed E-state index contributed by atoms with van der Waals surface area (Å²) < 4.78 is 43.5. The van der Waals surface area contributed by atoms with E-state index in [2.05, 4.69) is 0 Å². The Morgan fingerprint density at radius 3 is 0.774 bits per heavy atom. The molecule has 0 spiro atoms. The van der Waals surface area contributed by atoms with Crippen LogP contribution in [0.5, 0.6) is 46.0 Å². The molecule has 2 saturated heterocycles. The Balaban J connectivity index is 1.40. The summed E-state index contributed by atoms with van der Waals surface area (Å²) in [5.74, 6) is 1.44. The van der Waals surface area contributed by atoms with Crippen molar-refractivity contribution in [3.8, 4) is 46.0 Å². The second-order valence-corrected chi connectivity index (χ2v) is 14.1. The van der Waals surface area contributed by atoms with Crippen molar-refractivity contribution in [3.63, 3.8) is 0 Å². The number of methoxy groups -OCH3 is 8. The summed E-state index contributed by atoms with van der Waals surface area (Å²) in [4.78, 5) is 60.1. The number of ether oxygens (including phenoxy) is 8. The third-order valence-electron chi connectivity index (χ3n) is 10.4. The van der Waals surface area contributed by atoms with E-state index in [0.717, 1.165) is 0 Å². The summed E-state index contributed by atoms with van der Waals surface area (Å²) in [5, 5.41) is 0. The van der Waals surface area contributed by atoms with E-state index < -0.39 is 11.8 Å². The molecule has 322 valence electrons. The summed E-state index contributed by atoms with van der Waals surface area (Å²) in [5.41, 5.74) is 3.48. The topological polar surface area (TPSA) is 149 Å². The van der Waals surface area contributed by atoms with Crippen LogP contribution in [0.2, 0.25) is 0 Å². The summed E-state index contributed by atoms with van der Waals surface area (Å²) in [6.07, 6.45) is 6.63. The van der Waals surface area contributed by atoms with Gasteiger partial charge in [-0.1, -0.05) is 24.3 Å². The number of amides is 2. The molecular formula is C48H48N2O12. The fourth-order valence-electron chi connectivity index (χ4n) is 7.21. The number of hydrogen-bond acceptors (Lipinski definition) is 12. The minimum atomic E-state index is -0.862. The number of benzene rings is 4. The summed E-state index contributed by atoms with van der Waals surface area (Å²) >= 11 is 0. The maximum absolute atomic E-state index is 14.5. The molecule has 14 nitrogen and oxygen atoms in total. The molecule has 0 aromatic heterocycles. The zero-order valence-electron chi connectivity index (χ0n) is 35.9. The first-order valence-corrected chi connectivity index (χ1v) is 19.4. The molecule has 0 atom stereocenters. The van der Waals surface area contributed by atoms with Gasteiger partial charge in [0.05, 0.1) is 83.1 Å². The zero-order chi connectivity index (χ0) is 44.5. The predicted molar refractivity (Wildman–Crippen MR) is 233 cm³/mol. The molecule has 14 heteroatoms. The molecule has 2 aliphatic heterocycles. The highest BCUT2D eigenvalue weighted by atomic mass is 16.5. The van der Waals surface area contributed by atoms with Gasteiger partial charge in [-0.2, -0.15) is 0 Å². The van der Waals surface area contributed by atoms with E-state index in [1.54, 1.807) is 97.1 Å². The Labute approximate surface area is 360 Å². The first kappa shape index (κ1) is 44.1. The third kappa shape index (κ3) is 9.60. The number of carbonyl (C=O) groups excluding carboxylic acids is 4. The third-order valence-corrected chi connectivity index (χ3v) is 10.4. The van der Waals surface area contributed by atoms with E-state index in [1.807, 2.05) is 0 Å². The lowest BCUT2D eigenvalue weighted by atomic mass is 9.93. The number of rotatable bonds is 12. The Bertz CT molecular complexity index is 2190. The molecule has 2 fully saturated rings. The second-order valence-electron chi connectivity index (χ2n) is 14.1. The van der Waals surface area contributed by atoms with Crippen molar-refractivity contribution in [2.75, 3.05) is 83.1 Å². The molecule has 2 amide bonds. The standard InChI is InChI=1S/C48H48N2O12/c1-55-37-13-9-29(21-41(37)59-5)17-33-25-49(26-34(45(33)51)18-30-10-14-38(56-2)42(22-30)60-6)47(53)48(54)50-27-35(19-31-11-15-39(57-3)43(23-31)61-7)46(52)36(28-50)20-32-12-16-40(58-4)44(24-32)62-8/h9-24H,25-28H2,1-8H3/b33-17+,34-18+,35-19+,36-20+. The Morgan fingerprint density at radius 1 is 0.371 bits per heavy atom. The number of hydrogen-bond donors (Lipinski definition) is 0. The Hall–Kier alpha value is -7.48. The minimum Gasteiger partial charge on any atom is -0.493 e. The number of ketones is 2. The molecule has 2 aliphatic rings. The summed E-state index contributed by atoms with van der Waals surface area (Å²) in [7, 11) is 12.1. The van der Waals surface area contributed by atoms with Crippen LogP contribution in [0.1, 0.15) is 22.3 Å². The summed E-state index contributed by atoms with van der Waals surface area (Å²) in [6.45, 7) is -0.681. The molecule has 62 heavy (non-hydrogen) atoms. The molecule has 0 saturated carbocycles. The lowest BCUT2D eigenvalue weighted by molar-refractivity contribution is -0.151. The summed E-state index contributed by atoms with van der Waals surface area (Å²) in [6, 6.07) is 20.7. The second kappa shape index (κ2) is 19.7. The lowest BCUT2D eigenvalue weighted by Gasteiger charge is -2.34. The van der Waals surface area contributed by atoms with Crippen molar-refractivity contribution < 1.29 is 57.1 Å².